The Labute approximate surface area is 119 Å². The average Bonchev–Trinajstić information content (AvgIpc) is 3.07. The molecule has 12 rings (SSSR count). The van der Waals surface area contributed by atoms with Gasteiger partial charge in [-0.05, 0) is 118 Å². The fourth-order valence-electron chi connectivity index (χ4n) is 15.4. The van der Waals surface area contributed by atoms with Crippen LogP contribution in [-0.4, -0.2) is 0 Å². The second-order valence-electron chi connectivity index (χ2n) is 11.5. The molecule has 0 aromatic heterocycles. The zero-order chi connectivity index (χ0) is 11.5. The van der Waals surface area contributed by atoms with Gasteiger partial charge in [0.2, 0.25) is 0 Å². The third-order valence-corrected chi connectivity index (χ3v) is 13.3. The lowest BCUT2D eigenvalue weighted by Crippen LogP contribution is -2.23. The molecule has 0 N–H and O–H groups in total. The Bertz CT molecular complexity index is 354. The van der Waals surface area contributed by atoms with Crippen LogP contribution in [-0.2, 0) is 0 Å². The SMILES string of the molecule is C12C3C4C5C1C1C6C2C2C3C3C4C4C5C1C1C6C2C3C41. The molecular formula is C20H20. The van der Waals surface area contributed by atoms with Crippen LogP contribution in [0, 0.1) is 118 Å². The van der Waals surface area contributed by atoms with Crippen molar-refractivity contribution >= 4 is 0 Å². The highest BCUT2D eigenvalue weighted by Crippen LogP contribution is 3.02. The van der Waals surface area contributed by atoms with Crippen molar-refractivity contribution in [2.45, 2.75) is 0 Å². The van der Waals surface area contributed by atoms with Gasteiger partial charge >= 0.3 is 0 Å². The molecule has 12 saturated carbocycles. The molecule has 0 spiro atoms. The van der Waals surface area contributed by atoms with E-state index in [4.69, 9.17) is 0 Å². The van der Waals surface area contributed by atoms with Crippen LogP contribution in [0.4, 0.5) is 0 Å². The molecule has 12 fully saturated rings. The first-order valence-corrected chi connectivity index (χ1v) is 10.0. The van der Waals surface area contributed by atoms with E-state index < -0.39 is 0 Å². The molecular weight excluding hydrogens is 240 g/mol. The van der Waals surface area contributed by atoms with Gasteiger partial charge in [-0.1, -0.05) is 0 Å². The Morgan fingerprint density at radius 2 is 0.150 bits per heavy atom. The van der Waals surface area contributed by atoms with Crippen molar-refractivity contribution in [1.82, 2.24) is 0 Å². The highest BCUT2D eigenvalue weighted by atomic mass is 15.0. The van der Waals surface area contributed by atoms with E-state index >= 15 is 0 Å². The molecule has 12 aliphatic carbocycles. The maximum atomic E-state index is 1.33. The lowest BCUT2D eigenvalue weighted by atomic mass is 9.78. The Morgan fingerprint density at radius 3 is 0.200 bits per heavy atom. The molecule has 100 valence electrons. The molecule has 0 amide bonds. The van der Waals surface area contributed by atoms with E-state index in [9.17, 15) is 0 Å². The first-order valence-electron chi connectivity index (χ1n) is 10.0. The summed E-state index contributed by atoms with van der Waals surface area (Å²) >= 11 is 0. The van der Waals surface area contributed by atoms with E-state index in [1.54, 1.807) is 0 Å². The van der Waals surface area contributed by atoms with E-state index in [1.165, 1.54) is 118 Å². The summed E-state index contributed by atoms with van der Waals surface area (Å²) < 4.78 is 0. The molecule has 0 heteroatoms. The molecule has 0 unspecified atom stereocenters. The van der Waals surface area contributed by atoms with Crippen LogP contribution in [0.15, 0.2) is 0 Å². The predicted octanol–water partition coefficient (Wildman–Crippen LogP) is 2.46. The second-order valence-corrected chi connectivity index (χ2v) is 11.5. The summed E-state index contributed by atoms with van der Waals surface area (Å²) in [6.45, 7) is 0. The Hall–Kier alpha value is 0. The molecule has 0 aliphatic heterocycles. The Morgan fingerprint density at radius 1 is 0.100 bits per heavy atom. The van der Waals surface area contributed by atoms with Gasteiger partial charge in [-0.2, -0.15) is 0 Å². The van der Waals surface area contributed by atoms with Crippen LogP contribution in [0.5, 0.6) is 0 Å². The summed E-state index contributed by atoms with van der Waals surface area (Å²) in [7, 11) is 0. The monoisotopic (exact) mass is 260 g/mol. The third kappa shape index (κ3) is 0.361. The van der Waals surface area contributed by atoms with Gasteiger partial charge in [-0.25, -0.2) is 0 Å². The van der Waals surface area contributed by atoms with Gasteiger partial charge in [0.05, 0.1) is 0 Å². The normalized spacial score (nSPS) is 108. The summed E-state index contributed by atoms with van der Waals surface area (Å²) in [5.74, 6) is 26.7. The van der Waals surface area contributed by atoms with Crippen molar-refractivity contribution in [1.29, 1.82) is 0 Å². The maximum Gasteiger partial charge on any atom is -0.0312 e. The lowest BCUT2D eigenvalue weighted by molar-refractivity contribution is 0.198. The minimum atomic E-state index is 1.33. The van der Waals surface area contributed by atoms with Gasteiger partial charge in [0.15, 0.2) is 0 Å². The first kappa shape index (κ1) is 8.02. The fourth-order valence-corrected chi connectivity index (χ4v) is 15.4. The van der Waals surface area contributed by atoms with Gasteiger partial charge in [0.1, 0.15) is 0 Å². The van der Waals surface area contributed by atoms with Crippen molar-refractivity contribution in [3.05, 3.63) is 0 Å². The average molecular weight is 260 g/mol. The van der Waals surface area contributed by atoms with Crippen molar-refractivity contribution in [3.63, 3.8) is 0 Å². The summed E-state index contributed by atoms with van der Waals surface area (Å²) in [4.78, 5) is 0. The van der Waals surface area contributed by atoms with Crippen LogP contribution in [0.25, 0.3) is 0 Å². The number of rotatable bonds is 0. The zero-order valence-electron chi connectivity index (χ0n) is 11.5. The molecule has 12 aliphatic rings. The lowest BCUT2D eigenvalue weighted by Gasteiger charge is -2.27. The maximum absolute atomic E-state index is 1.33. The smallest absolute Gasteiger partial charge is 0.0312 e. The Kier molecular flexibility index (Phi) is 0.686. The summed E-state index contributed by atoms with van der Waals surface area (Å²) in [5.41, 5.74) is 0. The fraction of sp³-hybridized carbons (Fsp3) is 1.00. The second kappa shape index (κ2) is 1.71. The van der Waals surface area contributed by atoms with Crippen molar-refractivity contribution in [3.8, 4) is 0 Å². The molecule has 0 heterocycles. The summed E-state index contributed by atoms with van der Waals surface area (Å²) in [6, 6.07) is 0. The van der Waals surface area contributed by atoms with Gasteiger partial charge < -0.3 is 0 Å². The molecule has 0 aromatic rings. The van der Waals surface area contributed by atoms with E-state index in [0.29, 0.717) is 0 Å². The molecule has 0 nitrogen and oxygen atoms in total. The minimum Gasteiger partial charge on any atom is -0.0312 e. The van der Waals surface area contributed by atoms with Crippen LogP contribution in [0.1, 0.15) is 0 Å². The van der Waals surface area contributed by atoms with Crippen molar-refractivity contribution in [2.75, 3.05) is 0 Å². The van der Waals surface area contributed by atoms with Crippen molar-refractivity contribution in [2.24, 2.45) is 118 Å². The topological polar surface area (TPSA) is 0 Å². The summed E-state index contributed by atoms with van der Waals surface area (Å²) in [5, 5.41) is 0. The molecule has 0 bridgehead atoms. The summed E-state index contributed by atoms with van der Waals surface area (Å²) in [6.07, 6.45) is 0. The van der Waals surface area contributed by atoms with Crippen LogP contribution in [0.3, 0.4) is 0 Å². The molecule has 20 heavy (non-hydrogen) atoms. The molecule has 0 radical (unpaired) electrons. The number of hydrogen-bond acceptors (Lipinski definition) is 0. The van der Waals surface area contributed by atoms with Gasteiger partial charge in [-0.3, -0.25) is 0 Å². The van der Waals surface area contributed by atoms with Gasteiger partial charge in [0.25, 0.3) is 0 Å². The third-order valence-electron chi connectivity index (χ3n) is 13.3. The first-order chi connectivity index (χ1) is 10.0. The standard InChI is InChI=1S/C20H20/c1-2-5-7-3(1)9-10-4(1)8-6(2)12-11(5)17-13(7)15(9)19-16(10)14(8)18(12)20(17)19/h1-20H. The van der Waals surface area contributed by atoms with Crippen molar-refractivity contribution < 1.29 is 0 Å². The van der Waals surface area contributed by atoms with E-state index in [1.807, 2.05) is 0 Å². The Balaban J connectivity index is 1.50. The number of hydrogen-bond donors (Lipinski definition) is 0. The highest BCUT2D eigenvalue weighted by molar-refractivity contribution is 5.45. The van der Waals surface area contributed by atoms with Gasteiger partial charge in [-0.15, -0.1) is 0 Å². The van der Waals surface area contributed by atoms with Gasteiger partial charge in [0, 0.05) is 0 Å². The van der Waals surface area contributed by atoms with E-state index in [0.717, 1.165) is 0 Å². The molecule has 0 atom stereocenters. The van der Waals surface area contributed by atoms with Crippen LogP contribution >= 0.6 is 0 Å². The molecule has 0 saturated heterocycles. The highest BCUT2D eigenvalue weighted by Gasteiger charge is 2.98. The van der Waals surface area contributed by atoms with Crippen LogP contribution < -0.4 is 0 Å². The predicted molar refractivity (Wildman–Crippen MR) is 69.8 cm³/mol. The largest absolute Gasteiger partial charge is 0.0312 e. The van der Waals surface area contributed by atoms with E-state index in [2.05, 4.69) is 0 Å². The minimum absolute atomic E-state index is 1.33. The molecule has 0 aromatic carbocycles. The zero-order valence-corrected chi connectivity index (χ0v) is 11.5. The van der Waals surface area contributed by atoms with E-state index in [-0.39, 0.29) is 0 Å². The van der Waals surface area contributed by atoms with Crippen LogP contribution in [0.2, 0.25) is 0 Å². The quantitative estimate of drug-likeness (QED) is 0.627.